The largest absolute Gasteiger partial charge is 0.416 e. The lowest BCUT2D eigenvalue weighted by Gasteiger charge is -2.12. The molecule has 0 aliphatic rings. The van der Waals surface area contributed by atoms with Crippen molar-refractivity contribution >= 4 is 22.5 Å². The molecule has 2 aromatic carbocycles. The molecule has 0 atom stereocenters. The molecule has 31 heavy (non-hydrogen) atoms. The number of anilines is 2. The molecule has 0 saturated heterocycles. The average molecular weight is 429 g/mol. The fourth-order valence-electron chi connectivity index (χ4n) is 3.13. The molecule has 0 unspecified atom stereocenters. The van der Waals surface area contributed by atoms with E-state index in [1.807, 2.05) is 6.07 Å². The van der Waals surface area contributed by atoms with E-state index < -0.39 is 23.4 Å². The summed E-state index contributed by atoms with van der Waals surface area (Å²) < 4.78 is 67.1. The number of nitrogens with zero attached hydrogens (tertiary/aromatic N) is 4. The molecule has 5 nitrogen and oxygen atoms in total. The van der Waals surface area contributed by atoms with E-state index in [1.165, 1.54) is 28.8 Å². The van der Waals surface area contributed by atoms with Gasteiger partial charge in [0.25, 0.3) is 0 Å². The maximum atomic E-state index is 13.8. The van der Waals surface area contributed by atoms with E-state index in [4.69, 9.17) is 0 Å². The van der Waals surface area contributed by atoms with Gasteiger partial charge in [0.05, 0.1) is 28.2 Å². The zero-order chi connectivity index (χ0) is 22.3. The Morgan fingerprint density at radius 3 is 2.29 bits per heavy atom. The van der Waals surface area contributed by atoms with Gasteiger partial charge in [0.15, 0.2) is 11.6 Å². The smallest absolute Gasteiger partial charge is 0.340 e. The van der Waals surface area contributed by atoms with Gasteiger partial charge < -0.3 is 5.32 Å². The van der Waals surface area contributed by atoms with Crippen molar-refractivity contribution < 1.29 is 22.0 Å². The van der Waals surface area contributed by atoms with E-state index in [9.17, 15) is 27.2 Å². The van der Waals surface area contributed by atoms with Crippen LogP contribution in [0.3, 0.4) is 0 Å². The summed E-state index contributed by atoms with van der Waals surface area (Å²) >= 11 is 0. The summed E-state index contributed by atoms with van der Waals surface area (Å²) in [7, 11) is 0. The van der Waals surface area contributed by atoms with E-state index in [0.29, 0.717) is 11.5 Å². The quantitative estimate of drug-likeness (QED) is 0.428. The van der Waals surface area contributed by atoms with Crippen molar-refractivity contribution in [2.75, 3.05) is 5.32 Å². The maximum absolute atomic E-state index is 13.8. The zero-order valence-electron chi connectivity index (χ0n) is 15.8. The van der Waals surface area contributed by atoms with Crippen molar-refractivity contribution in [1.82, 2.24) is 14.5 Å². The fourth-order valence-corrected chi connectivity index (χ4v) is 3.13. The highest BCUT2D eigenvalue weighted by Crippen LogP contribution is 2.31. The number of nitrogens with one attached hydrogen (secondary N) is 1. The van der Waals surface area contributed by atoms with Crippen LogP contribution in [0.15, 0.2) is 48.5 Å². The Kier molecular flexibility index (Phi) is 4.81. The van der Waals surface area contributed by atoms with Crippen LogP contribution in [-0.4, -0.2) is 14.5 Å². The van der Waals surface area contributed by atoms with Gasteiger partial charge in [0.1, 0.15) is 17.5 Å². The molecule has 4 aromatic rings. The highest BCUT2D eigenvalue weighted by molar-refractivity contribution is 5.78. The summed E-state index contributed by atoms with van der Waals surface area (Å²) in [4.78, 5) is 8.58. The molecular formula is C21H12F5N5. The SMILES string of the molecule is Cc1nc2cc(F)c(F)cc2n1-c1cc(C#N)cc(Nc2ccc(C(F)(F)F)cc2)n1. The molecule has 0 aliphatic heterocycles. The molecule has 156 valence electrons. The first kappa shape index (κ1) is 20.3. The molecule has 0 spiro atoms. The number of hydrogen-bond donors (Lipinski definition) is 1. The number of halogens is 5. The Morgan fingerprint density at radius 1 is 0.968 bits per heavy atom. The van der Waals surface area contributed by atoms with Gasteiger partial charge in [-0.1, -0.05) is 0 Å². The topological polar surface area (TPSA) is 66.5 Å². The molecule has 10 heteroatoms. The summed E-state index contributed by atoms with van der Waals surface area (Å²) in [5.74, 6) is -1.34. The van der Waals surface area contributed by atoms with Crippen molar-refractivity contribution in [3.63, 3.8) is 0 Å². The molecule has 0 saturated carbocycles. The van der Waals surface area contributed by atoms with Crippen LogP contribution in [0.5, 0.6) is 0 Å². The van der Waals surface area contributed by atoms with Crippen molar-refractivity contribution in [3.8, 4) is 11.9 Å². The standard InChI is InChI=1S/C21H12F5N5/c1-11-28-17-8-15(22)16(23)9-18(17)31(11)20-7-12(10-27)6-19(30-20)29-14-4-2-13(3-5-14)21(24,25)26/h2-9H,1H3,(H,29,30). The molecule has 0 amide bonds. The predicted molar refractivity (Wildman–Crippen MR) is 103 cm³/mol. The Labute approximate surface area is 172 Å². The minimum atomic E-state index is -4.46. The number of fused-ring (bicyclic) bond motifs is 1. The van der Waals surface area contributed by atoms with Gasteiger partial charge >= 0.3 is 6.18 Å². The third-order valence-corrected chi connectivity index (χ3v) is 4.52. The van der Waals surface area contributed by atoms with Crippen molar-refractivity contribution in [3.05, 3.63) is 77.1 Å². The van der Waals surface area contributed by atoms with E-state index in [-0.39, 0.29) is 28.2 Å². The van der Waals surface area contributed by atoms with E-state index >= 15 is 0 Å². The molecule has 2 heterocycles. The Morgan fingerprint density at radius 2 is 1.65 bits per heavy atom. The van der Waals surface area contributed by atoms with Crippen molar-refractivity contribution in [2.24, 2.45) is 0 Å². The molecular weight excluding hydrogens is 417 g/mol. The van der Waals surface area contributed by atoms with Gasteiger partial charge in [0, 0.05) is 17.8 Å². The summed E-state index contributed by atoms with van der Waals surface area (Å²) in [5, 5.41) is 12.2. The van der Waals surface area contributed by atoms with E-state index in [0.717, 1.165) is 24.3 Å². The molecule has 0 aliphatic carbocycles. The van der Waals surface area contributed by atoms with Gasteiger partial charge in [-0.3, -0.25) is 4.57 Å². The van der Waals surface area contributed by atoms with Crippen LogP contribution in [-0.2, 0) is 6.18 Å². The number of benzene rings is 2. The molecule has 0 fully saturated rings. The summed E-state index contributed by atoms with van der Waals surface area (Å²) in [6.45, 7) is 1.61. The van der Waals surface area contributed by atoms with Crippen LogP contribution in [0.2, 0.25) is 0 Å². The van der Waals surface area contributed by atoms with Crippen LogP contribution in [0.25, 0.3) is 16.9 Å². The minimum absolute atomic E-state index is 0.178. The van der Waals surface area contributed by atoms with Crippen molar-refractivity contribution in [2.45, 2.75) is 13.1 Å². The fraction of sp³-hybridized carbons (Fsp3) is 0.0952. The number of nitriles is 1. The lowest BCUT2D eigenvalue weighted by molar-refractivity contribution is -0.137. The van der Waals surface area contributed by atoms with E-state index in [2.05, 4.69) is 15.3 Å². The third-order valence-electron chi connectivity index (χ3n) is 4.52. The number of rotatable bonds is 3. The summed E-state index contributed by atoms with van der Waals surface area (Å²) in [6, 6.07) is 11.1. The van der Waals surface area contributed by atoms with Gasteiger partial charge in [0.2, 0.25) is 0 Å². The highest BCUT2D eigenvalue weighted by atomic mass is 19.4. The highest BCUT2D eigenvalue weighted by Gasteiger charge is 2.30. The van der Waals surface area contributed by atoms with E-state index in [1.54, 1.807) is 6.92 Å². The van der Waals surface area contributed by atoms with Crippen LogP contribution in [0.4, 0.5) is 33.5 Å². The molecule has 0 radical (unpaired) electrons. The lowest BCUT2D eigenvalue weighted by atomic mass is 10.2. The first-order valence-corrected chi connectivity index (χ1v) is 8.86. The van der Waals surface area contributed by atoms with Gasteiger partial charge in [-0.05, 0) is 43.3 Å². The third kappa shape index (κ3) is 3.90. The Balaban J connectivity index is 1.77. The Bertz CT molecular complexity index is 1330. The van der Waals surface area contributed by atoms with Gasteiger partial charge in [-0.25, -0.2) is 18.7 Å². The number of hydrogen-bond acceptors (Lipinski definition) is 4. The number of pyridine rings is 1. The monoisotopic (exact) mass is 429 g/mol. The molecule has 4 rings (SSSR count). The molecule has 1 N–H and O–H groups in total. The average Bonchev–Trinajstić information content (AvgIpc) is 3.02. The number of alkyl halides is 3. The second-order valence-corrected chi connectivity index (χ2v) is 6.66. The zero-order valence-corrected chi connectivity index (χ0v) is 15.8. The number of imidazole rings is 1. The van der Waals surface area contributed by atoms with Gasteiger partial charge in [-0.15, -0.1) is 0 Å². The first-order chi connectivity index (χ1) is 14.7. The first-order valence-electron chi connectivity index (χ1n) is 8.86. The number of aromatic nitrogens is 3. The molecule has 0 bridgehead atoms. The lowest BCUT2D eigenvalue weighted by Crippen LogP contribution is -2.05. The summed E-state index contributed by atoms with van der Waals surface area (Å²) in [5.41, 5.74) is 0.176. The van der Waals surface area contributed by atoms with Crippen LogP contribution in [0.1, 0.15) is 17.0 Å². The van der Waals surface area contributed by atoms with Crippen LogP contribution >= 0.6 is 0 Å². The Hall–Kier alpha value is -4.00. The van der Waals surface area contributed by atoms with Gasteiger partial charge in [-0.2, -0.15) is 18.4 Å². The maximum Gasteiger partial charge on any atom is 0.416 e. The van der Waals surface area contributed by atoms with Crippen LogP contribution in [0, 0.1) is 29.9 Å². The summed E-state index contributed by atoms with van der Waals surface area (Å²) in [6.07, 6.45) is -4.46. The predicted octanol–water partition coefficient (Wildman–Crippen LogP) is 5.64. The normalized spacial score (nSPS) is 11.5. The molecule has 2 aromatic heterocycles. The number of aryl methyl sites for hydroxylation is 1. The van der Waals surface area contributed by atoms with Crippen molar-refractivity contribution in [1.29, 1.82) is 5.26 Å². The minimum Gasteiger partial charge on any atom is -0.340 e. The van der Waals surface area contributed by atoms with Crippen LogP contribution < -0.4 is 5.32 Å². The second kappa shape index (κ2) is 7.36. The second-order valence-electron chi connectivity index (χ2n) is 6.66.